The van der Waals surface area contributed by atoms with E-state index in [1.807, 2.05) is 24.1 Å². The van der Waals surface area contributed by atoms with Gasteiger partial charge in [0.25, 0.3) is 0 Å². The van der Waals surface area contributed by atoms with Crippen LogP contribution < -0.4 is 10.6 Å². The Hall–Kier alpha value is -2.10. The van der Waals surface area contributed by atoms with E-state index in [0.717, 1.165) is 6.54 Å². The molecule has 17 heavy (non-hydrogen) atoms. The van der Waals surface area contributed by atoms with Crippen LogP contribution in [0.5, 0.6) is 0 Å². The van der Waals surface area contributed by atoms with E-state index in [0.29, 0.717) is 11.6 Å². The molecule has 0 amide bonds. The predicted molar refractivity (Wildman–Crippen MR) is 69.7 cm³/mol. The first-order valence-corrected chi connectivity index (χ1v) is 5.50. The van der Waals surface area contributed by atoms with E-state index in [4.69, 9.17) is 5.73 Å². The van der Waals surface area contributed by atoms with Gasteiger partial charge in [-0.3, -0.25) is 0 Å². The lowest BCUT2D eigenvalue weighted by Gasteiger charge is -2.18. The second-order valence-electron chi connectivity index (χ2n) is 4.10. The summed E-state index contributed by atoms with van der Waals surface area (Å²) in [5, 5.41) is 0. The summed E-state index contributed by atoms with van der Waals surface area (Å²) in [4.78, 5) is 10.4. The lowest BCUT2D eigenvalue weighted by Crippen LogP contribution is -2.19. The number of nitrogens with two attached hydrogens (primary N) is 1. The molecule has 88 valence electrons. The maximum atomic E-state index is 5.56. The number of aromatic nitrogens is 2. The van der Waals surface area contributed by atoms with Crippen LogP contribution in [-0.4, -0.2) is 17.0 Å². The Kier molecular flexibility index (Phi) is 3.23. The van der Waals surface area contributed by atoms with Crippen molar-refractivity contribution in [2.24, 2.45) is 0 Å². The van der Waals surface area contributed by atoms with Crippen molar-refractivity contribution in [3.05, 3.63) is 47.8 Å². The van der Waals surface area contributed by atoms with Crippen LogP contribution in [0.25, 0.3) is 0 Å². The third-order valence-electron chi connectivity index (χ3n) is 2.67. The molecular formula is C13H16N4. The summed E-state index contributed by atoms with van der Waals surface area (Å²) >= 11 is 0. The Labute approximate surface area is 101 Å². The third kappa shape index (κ3) is 2.72. The van der Waals surface area contributed by atoms with Gasteiger partial charge in [-0.2, -0.15) is 0 Å². The third-order valence-corrected chi connectivity index (χ3v) is 2.67. The lowest BCUT2D eigenvalue weighted by molar-refractivity contribution is 0.862. The number of rotatable bonds is 3. The molecule has 0 fully saturated rings. The minimum absolute atomic E-state index is 0.582. The molecule has 0 saturated heterocycles. The molecule has 2 rings (SSSR count). The van der Waals surface area contributed by atoms with E-state index in [1.54, 1.807) is 12.4 Å². The number of nitrogens with zero attached hydrogens (tertiary/aromatic N) is 3. The van der Waals surface area contributed by atoms with Crippen LogP contribution >= 0.6 is 0 Å². The maximum Gasteiger partial charge on any atom is 0.225 e. The number of hydrogen-bond acceptors (Lipinski definition) is 4. The molecule has 0 unspecified atom stereocenters. The van der Waals surface area contributed by atoms with Gasteiger partial charge in [0.1, 0.15) is 0 Å². The average molecular weight is 228 g/mol. The largest absolute Gasteiger partial charge is 0.396 e. The summed E-state index contributed by atoms with van der Waals surface area (Å²) in [6.07, 6.45) is 3.24. The topological polar surface area (TPSA) is 55.0 Å². The summed E-state index contributed by atoms with van der Waals surface area (Å²) in [7, 11) is 1.97. The number of aryl methyl sites for hydroxylation is 1. The van der Waals surface area contributed by atoms with Crippen molar-refractivity contribution >= 4 is 11.6 Å². The zero-order chi connectivity index (χ0) is 12.3. The van der Waals surface area contributed by atoms with E-state index in [2.05, 4.69) is 29.0 Å². The van der Waals surface area contributed by atoms with Crippen LogP contribution in [0.1, 0.15) is 11.1 Å². The fraction of sp³-hybridized carbons (Fsp3) is 0.231. The van der Waals surface area contributed by atoms with E-state index in [9.17, 15) is 0 Å². The molecule has 1 aromatic heterocycles. The fourth-order valence-corrected chi connectivity index (χ4v) is 1.64. The molecule has 0 aliphatic rings. The highest BCUT2D eigenvalue weighted by atomic mass is 15.2. The highest BCUT2D eigenvalue weighted by molar-refractivity contribution is 5.38. The quantitative estimate of drug-likeness (QED) is 0.873. The summed E-state index contributed by atoms with van der Waals surface area (Å²) in [6.45, 7) is 2.89. The standard InChI is InChI=1S/C13H16N4/c1-10-5-3-4-6-11(10)9-17(2)13-15-7-12(14)8-16-13/h3-8H,9,14H2,1-2H3. The molecule has 4 heteroatoms. The minimum Gasteiger partial charge on any atom is -0.396 e. The number of nitrogen functional groups attached to an aromatic ring is 1. The average Bonchev–Trinajstić information content (AvgIpc) is 2.33. The van der Waals surface area contributed by atoms with Crippen LogP contribution in [-0.2, 0) is 6.54 Å². The van der Waals surface area contributed by atoms with Crippen molar-refractivity contribution in [2.45, 2.75) is 13.5 Å². The van der Waals surface area contributed by atoms with Gasteiger partial charge in [0.2, 0.25) is 5.95 Å². The van der Waals surface area contributed by atoms with Crippen molar-refractivity contribution in [1.29, 1.82) is 0 Å². The zero-order valence-corrected chi connectivity index (χ0v) is 10.1. The number of anilines is 2. The molecule has 0 bridgehead atoms. The Morgan fingerprint density at radius 2 is 1.82 bits per heavy atom. The van der Waals surface area contributed by atoms with E-state index >= 15 is 0 Å². The van der Waals surface area contributed by atoms with Gasteiger partial charge in [0, 0.05) is 13.6 Å². The van der Waals surface area contributed by atoms with Gasteiger partial charge in [-0.15, -0.1) is 0 Å². The van der Waals surface area contributed by atoms with E-state index in [1.165, 1.54) is 11.1 Å². The number of benzene rings is 1. The minimum atomic E-state index is 0.582. The Morgan fingerprint density at radius 3 is 2.47 bits per heavy atom. The van der Waals surface area contributed by atoms with Crippen molar-refractivity contribution in [3.63, 3.8) is 0 Å². The van der Waals surface area contributed by atoms with Gasteiger partial charge in [0.05, 0.1) is 18.1 Å². The van der Waals surface area contributed by atoms with Crippen molar-refractivity contribution in [3.8, 4) is 0 Å². The van der Waals surface area contributed by atoms with Gasteiger partial charge < -0.3 is 10.6 Å². The maximum absolute atomic E-state index is 5.56. The molecule has 0 aliphatic heterocycles. The molecular weight excluding hydrogens is 212 g/mol. The second-order valence-corrected chi connectivity index (χ2v) is 4.10. The second kappa shape index (κ2) is 4.82. The molecule has 4 nitrogen and oxygen atoms in total. The van der Waals surface area contributed by atoms with Gasteiger partial charge in [-0.05, 0) is 18.1 Å². The molecule has 0 atom stereocenters. The predicted octanol–water partition coefficient (Wildman–Crippen LogP) is 2.00. The van der Waals surface area contributed by atoms with Crippen LogP contribution in [0, 0.1) is 6.92 Å². The first-order valence-electron chi connectivity index (χ1n) is 5.50. The van der Waals surface area contributed by atoms with Gasteiger partial charge in [-0.1, -0.05) is 24.3 Å². The molecule has 1 heterocycles. The molecule has 0 radical (unpaired) electrons. The monoisotopic (exact) mass is 228 g/mol. The first kappa shape index (κ1) is 11.4. The molecule has 1 aromatic carbocycles. The van der Waals surface area contributed by atoms with Crippen LogP contribution in [0.15, 0.2) is 36.7 Å². The first-order chi connectivity index (χ1) is 8.16. The van der Waals surface area contributed by atoms with Crippen LogP contribution in [0.4, 0.5) is 11.6 Å². The van der Waals surface area contributed by atoms with Gasteiger partial charge >= 0.3 is 0 Å². The number of hydrogen-bond donors (Lipinski definition) is 1. The Morgan fingerprint density at radius 1 is 1.18 bits per heavy atom. The SMILES string of the molecule is Cc1ccccc1CN(C)c1ncc(N)cn1. The van der Waals surface area contributed by atoms with E-state index in [-0.39, 0.29) is 0 Å². The molecule has 2 aromatic rings. The van der Waals surface area contributed by atoms with Crippen molar-refractivity contribution < 1.29 is 0 Å². The van der Waals surface area contributed by atoms with Gasteiger partial charge in [0.15, 0.2) is 0 Å². The highest BCUT2D eigenvalue weighted by Crippen LogP contribution is 2.13. The molecule has 0 spiro atoms. The highest BCUT2D eigenvalue weighted by Gasteiger charge is 2.06. The summed E-state index contributed by atoms with van der Waals surface area (Å²) in [6, 6.07) is 8.30. The molecule has 2 N–H and O–H groups in total. The molecule has 0 saturated carbocycles. The van der Waals surface area contributed by atoms with E-state index < -0.39 is 0 Å². The lowest BCUT2D eigenvalue weighted by atomic mass is 10.1. The van der Waals surface area contributed by atoms with Crippen molar-refractivity contribution in [1.82, 2.24) is 9.97 Å². The summed E-state index contributed by atoms with van der Waals surface area (Å²) in [5.41, 5.74) is 8.69. The van der Waals surface area contributed by atoms with Crippen molar-refractivity contribution in [2.75, 3.05) is 17.7 Å². The van der Waals surface area contributed by atoms with Crippen LogP contribution in [0.2, 0.25) is 0 Å². The summed E-state index contributed by atoms with van der Waals surface area (Å²) < 4.78 is 0. The van der Waals surface area contributed by atoms with Crippen LogP contribution in [0.3, 0.4) is 0 Å². The fourth-order valence-electron chi connectivity index (χ4n) is 1.64. The Bertz CT molecular complexity index is 493. The zero-order valence-electron chi connectivity index (χ0n) is 10.1. The normalized spacial score (nSPS) is 10.2. The van der Waals surface area contributed by atoms with Gasteiger partial charge in [-0.25, -0.2) is 9.97 Å². The Balaban J connectivity index is 2.14. The smallest absolute Gasteiger partial charge is 0.225 e. The molecule has 0 aliphatic carbocycles. The summed E-state index contributed by atoms with van der Waals surface area (Å²) in [5.74, 6) is 0.683.